The highest BCUT2D eigenvalue weighted by Crippen LogP contribution is 2.35. The minimum absolute atomic E-state index is 0.0159. The van der Waals surface area contributed by atoms with E-state index in [2.05, 4.69) is 0 Å². The molecule has 2 heterocycles. The summed E-state index contributed by atoms with van der Waals surface area (Å²) in [6.45, 7) is 1.34. The summed E-state index contributed by atoms with van der Waals surface area (Å²) in [5.74, 6) is 0. The molecular formula is C12H18N2O3S2. The Labute approximate surface area is 117 Å². The molecule has 1 aromatic heterocycles. The third kappa shape index (κ3) is 2.34. The van der Waals surface area contributed by atoms with Crippen LogP contribution >= 0.6 is 11.3 Å². The van der Waals surface area contributed by atoms with Crippen LogP contribution in [0.1, 0.15) is 24.1 Å². The van der Waals surface area contributed by atoms with Gasteiger partial charge in [0.15, 0.2) is 0 Å². The molecule has 106 valence electrons. The van der Waals surface area contributed by atoms with E-state index in [1.807, 2.05) is 0 Å². The lowest BCUT2D eigenvalue weighted by Gasteiger charge is -2.36. The van der Waals surface area contributed by atoms with Gasteiger partial charge in [0.1, 0.15) is 4.21 Å². The molecule has 5 nitrogen and oxygen atoms in total. The van der Waals surface area contributed by atoms with Crippen molar-refractivity contribution in [1.29, 1.82) is 0 Å². The standard InChI is InChI=1S/C12H18N2O3S2/c13-8-9-4-5-12(18-9)19(15,16)14-6-7-17-11-3-1-2-10(11)14/h4-5,10-11H,1-3,6-8,13H2. The number of morpholine rings is 1. The van der Waals surface area contributed by atoms with E-state index in [-0.39, 0.29) is 12.1 Å². The van der Waals surface area contributed by atoms with Crippen LogP contribution in [0.5, 0.6) is 0 Å². The minimum Gasteiger partial charge on any atom is -0.375 e. The Hall–Kier alpha value is -0.470. The van der Waals surface area contributed by atoms with Crippen molar-refractivity contribution in [3.8, 4) is 0 Å². The number of hydrogen-bond donors (Lipinski definition) is 1. The van der Waals surface area contributed by atoms with Crippen molar-refractivity contribution >= 4 is 21.4 Å². The van der Waals surface area contributed by atoms with Crippen molar-refractivity contribution in [1.82, 2.24) is 4.31 Å². The van der Waals surface area contributed by atoms with E-state index in [1.165, 1.54) is 11.3 Å². The first-order valence-corrected chi connectivity index (χ1v) is 8.81. The van der Waals surface area contributed by atoms with E-state index in [9.17, 15) is 8.42 Å². The van der Waals surface area contributed by atoms with Crippen molar-refractivity contribution in [3.63, 3.8) is 0 Å². The molecule has 2 fully saturated rings. The lowest BCUT2D eigenvalue weighted by atomic mass is 10.2. The number of ether oxygens (including phenoxy) is 1. The number of rotatable bonds is 3. The zero-order chi connectivity index (χ0) is 13.5. The maximum atomic E-state index is 12.7. The summed E-state index contributed by atoms with van der Waals surface area (Å²) < 4.78 is 33.1. The molecule has 0 spiro atoms. The van der Waals surface area contributed by atoms with E-state index in [4.69, 9.17) is 10.5 Å². The van der Waals surface area contributed by atoms with Crippen LogP contribution in [0, 0.1) is 0 Å². The molecule has 0 aromatic carbocycles. The lowest BCUT2D eigenvalue weighted by molar-refractivity contribution is -0.0241. The van der Waals surface area contributed by atoms with Crippen LogP contribution in [-0.4, -0.2) is 38.0 Å². The summed E-state index contributed by atoms with van der Waals surface area (Å²) in [6, 6.07) is 3.48. The molecule has 2 atom stereocenters. The highest BCUT2D eigenvalue weighted by Gasteiger charge is 2.42. The summed E-state index contributed by atoms with van der Waals surface area (Å²) in [4.78, 5) is 0.898. The zero-order valence-corrected chi connectivity index (χ0v) is 12.3. The number of hydrogen-bond acceptors (Lipinski definition) is 5. The molecule has 1 aliphatic heterocycles. The van der Waals surface area contributed by atoms with Crippen LogP contribution in [0.2, 0.25) is 0 Å². The quantitative estimate of drug-likeness (QED) is 0.909. The summed E-state index contributed by atoms with van der Waals surface area (Å²) >= 11 is 1.27. The fraction of sp³-hybridized carbons (Fsp3) is 0.667. The predicted molar refractivity (Wildman–Crippen MR) is 73.5 cm³/mol. The second-order valence-corrected chi connectivity index (χ2v) is 8.23. The summed E-state index contributed by atoms with van der Waals surface area (Å²) in [5, 5.41) is 0. The van der Waals surface area contributed by atoms with Gasteiger partial charge in [0.2, 0.25) is 0 Å². The lowest BCUT2D eigenvalue weighted by Crippen LogP contribution is -2.50. The van der Waals surface area contributed by atoms with E-state index in [0.717, 1.165) is 24.1 Å². The highest BCUT2D eigenvalue weighted by atomic mass is 32.2. The van der Waals surface area contributed by atoms with Crippen molar-refractivity contribution in [2.45, 2.75) is 42.2 Å². The molecule has 0 radical (unpaired) electrons. The monoisotopic (exact) mass is 302 g/mol. The summed E-state index contributed by atoms with van der Waals surface area (Å²) in [7, 11) is -3.39. The number of fused-ring (bicyclic) bond motifs is 1. The maximum Gasteiger partial charge on any atom is 0.252 e. The smallest absolute Gasteiger partial charge is 0.252 e. The van der Waals surface area contributed by atoms with Gasteiger partial charge in [-0.25, -0.2) is 8.42 Å². The van der Waals surface area contributed by atoms with Crippen molar-refractivity contribution in [2.24, 2.45) is 5.73 Å². The molecule has 2 unspecified atom stereocenters. The molecule has 3 rings (SSSR count). The van der Waals surface area contributed by atoms with E-state index in [1.54, 1.807) is 16.4 Å². The molecule has 7 heteroatoms. The van der Waals surface area contributed by atoms with Gasteiger partial charge >= 0.3 is 0 Å². The number of sulfonamides is 1. The van der Waals surface area contributed by atoms with E-state index >= 15 is 0 Å². The second kappa shape index (κ2) is 5.14. The zero-order valence-electron chi connectivity index (χ0n) is 10.6. The average molecular weight is 302 g/mol. The van der Waals surface area contributed by atoms with Crippen molar-refractivity contribution < 1.29 is 13.2 Å². The highest BCUT2D eigenvalue weighted by molar-refractivity contribution is 7.91. The third-order valence-electron chi connectivity index (χ3n) is 3.83. The first-order valence-electron chi connectivity index (χ1n) is 6.55. The van der Waals surface area contributed by atoms with E-state index < -0.39 is 10.0 Å². The van der Waals surface area contributed by atoms with Gasteiger partial charge in [-0.3, -0.25) is 0 Å². The van der Waals surface area contributed by atoms with Gasteiger partial charge < -0.3 is 10.5 Å². The molecule has 1 aromatic rings. The third-order valence-corrected chi connectivity index (χ3v) is 7.33. The predicted octanol–water partition coefficient (Wildman–Crippen LogP) is 1.15. The fourth-order valence-corrected chi connectivity index (χ4v) is 5.94. The van der Waals surface area contributed by atoms with Crippen molar-refractivity contribution in [3.05, 3.63) is 17.0 Å². The molecule has 19 heavy (non-hydrogen) atoms. The Morgan fingerprint density at radius 3 is 3.00 bits per heavy atom. The summed E-state index contributed by atoms with van der Waals surface area (Å²) in [5.41, 5.74) is 5.55. The Kier molecular flexibility index (Phi) is 3.65. The van der Waals surface area contributed by atoms with Gasteiger partial charge in [0.05, 0.1) is 18.8 Å². The molecule has 0 bridgehead atoms. The van der Waals surface area contributed by atoms with Crippen LogP contribution in [0.3, 0.4) is 0 Å². The van der Waals surface area contributed by atoms with Crippen LogP contribution in [0.4, 0.5) is 0 Å². The van der Waals surface area contributed by atoms with Crippen LogP contribution in [0.15, 0.2) is 16.3 Å². The first kappa shape index (κ1) is 13.5. The molecule has 1 saturated heterocycles. The average Bonchev–Trinajstić information content (AvgIpc) is 3.06. The van der Waals surface area contributed by atoms with Crippen LogP contribution in [-0.2, 0) is 21.3 Å². The SMILES string of the molecule is NCc1ccc(S(=O)(=O)N2CCOC3CCCC32)s1. The minimum atomic E-state index is -3.39. The maximum absolute atomic E-state index is 12.7. The van der Waals surface area contributed by atoms with Gasteiger partial charge in [0, 0.05) is 18.0 Å². The van der Waals surface area contributed by atoms with Gasteiger partial charge in [-0.2, -0.15) is 4.31 Å². The normalized spacial score (nSPS) is 28.5. The van der Waals surface area contributed by atoms with Gasteiger partial charge in [-0.1, -0.05) is 0 Å². The van der Waals surface area contributed by atoms with Gasteiger partial charge in [-0.15, -0.1) is 11.3 Å². The number of nitrogens with zero attached hydrogens (tertiary/aromatic N) is 1. The summed E-state index contributed by atoms with van der Waals surface area (Å²) in [6.07, 6.45) is 2.99. The first-order chi connectivity index (χ1) is 9.13. The number of nitrogens with two attached hydrogens (primary N) is 1. The fourth-order valence-electron chi connectivity index (χ4n) is 2.91. The Balaban J connectivity index is 1.90. The molecule has 1 aliphatic carbocycles. The van der Waals surface area contributed by atoms with Crippen LogP contribution < -0.4 is 5.73 Å². The molecule has 2 aliphatic rings. The molecule has 1 saturated carbocycles. The largest absolute Gasteiger partial charge is 0.375 e. The van der Waals surface area contributed by atoms with Gasteiger partial charge in [-0.05, 0) is 31.4 Å². The topological polar surface area (TPSA) is 72.6 Å². The Morgan fingerprint density at radius 1 is 1.42 bits per heavy atom. The Bertz CT molecular complexity index is 555. The van der Waals surface area contributed by atoms with Crippen LogP contribution in [0.25, 0.3) is 0 Å². The number of thiophene rings is 1. The second-order valence-electron chi connectivity index (χ2n) is 4.95. The van der Waals surface area contributed by atoms with Crippen molar-refractivity contribution in [2.75, 3.05) is 13.2 Å². The van der Waals surface area contributed by atoms with Gasteiger partial charge in [0.25, 0.3) is 10.0 Å². The van der Waals surface area contributed by atoms with E-state index in [0.29, 0.717) is 23.9 Å². The molecular weight excluding hydrogens is 284 g/mol. The molecule has 2 N–H and O–H groups in total. The molecule has 0 amide bonds. The Morgan fingerprint density at radius 2 is 2.26 bits per heavy atom.